The lowest BCUT2D eigenvalue weighted by Gasteiger charge is -2.12. The molecule has 0 atom stereocenters. The third-order valence-electron chi connectivity index (χ3n) is 3.62. The highest BCUT2D eigenvalue weighted by Crippen LogP contribution is 2.36. The summed E-state index contributed by atoms with van der Waals surface area (Å²) in [6.07, 6.45) is 0. The van der Waals surface area contributed by atoms with Gasteiger partial charge in [-0.3, -0.25) is 9.59 Å². The van der Waals surface area contributed by atoms with Crippen LogP contribution in [0.4, 0.5) is 16.2 Å². The molecule has 0 fully saturated rings. The van der Waals surface area contributed by atoms with Gasteiger partial charge in [0.2, 0.25) is 0 Å². The molecule has 2 aromatic carbocycles. The summed E-state index contributed by atoms with van der Waals surface area (Å²) in [7, 11) is 0. The number of aromatic nitrogens is 1. The first-order valence-corrected chi connectivity index (χ1v) is 9.77. The number of anilines is 2. The third-order valence-corrected chi connectivity index (χ3v) is 6.30. The predicted octanol–water partition coefficient (Wildman–Crippen LogP) is 4.53. The fourth-order valence-electron chi connectivity index (χ4n) is 2.35. The number of aromatic amines is 1. The zero-order valence-corrected chi connectivity index (χ0v) is 18.0. The number of carbonyl (C=O) groups is 1. The Hall–Kier alpha value is -2.17. The van der Waals surface area contributed by atoms with Gasteiger partial charge in [0, 0.05) is 14.3 Å². The molecule has 1 aromatic heterocycles. The van der Waals surface area contributed by atoms with E-state index in [1.807, 2.05) is 0 Å². The predicted molar refractivity (Wildman–Crippen MR) is 115 cm³/mol. The number of halogens is 3. The van der Waals surface area contributed by atoms with Gasteiger partial charge in [0.05, 0.1) is 15.7 Å². The molecule has 0 unspecified atom stereocenters. The highest BCUT2D eigenvalue weighted by atomic mass is 79.9. The zero-order valence-electron chi connectivity index (χ0n) is 13.3. The number of fused-ring (bicyclic) bond motifs is 1. The second-order valence-electron chi connectivity index (χ2n) is 5.35. The minimum atomic E-state index is -1.06. The molecule has 0 spiro atoms. The van der Waals surface area contributed by atoms with Crippen LogP contribution in [0.1, 0.15) is 0 Å². The Balaban J connectivity index is 2.05. The number of urea groups is 1. The zero-order chi connectivity index (χ0) is 19.7. The Morgan fingerprint density at radius 3 is 2.30 bits per heavy atom. The molecule has 0 aliphatic rings. The van der Waals surface area contributed by atoms with Crippen LogP contribution in [0.2, 0.25) is 0 Å². The maximum Gasteiger partial charge on any atom is 0.323 e. The van der Waals surface area contributed by atoms with Crippen molar-refractivity contribution in [3.8, 4) is 5.75 Å². The first kappa shape index (κ1) is 19.6. The Kier molecular flexibility index (Phi) is 5.68. The molecule has 0 saturated heterocycles. The van der Waals surface area contributed by atoms with Crippen molar-refractivity contribution in [1.82, 2.24) is 4.98 Å². The maximum atomic E-state index is 12.4. The van der Waals surface area contributed by atoms with E-state index in [-0.39, 0.29) is 10.9 Å². The van der Waals surface area contributed by atoms with Gasteiger partial charge < -0.3 is 20.7 Å². The second-order valence-corrected chi connectivity index (χ2v) is 7.85. The molecule has 2 amide bonds. The topological polar surface area (TPSA) is 111 Å². The van der Waals surface area contributed by atoms with Crippen LogP contribution in [0.25, 0.3) is 10.9 Å². The highest BCUT2D eigenvalue weighted by Gasteiger charge is 2.17. The number of hydrogen-bond acceptors (Lipinski definition) is 4. The van der Waals surface area contributed by atoms with E-state index in [1.165, 1.54) is 12.1 Å². The Morgan fingerprint density at radius 2 is 1.56 bits per heavy atom. The summed E-state index contributed by atoms with van der Waals surface area (Å²) < 4.78 is 1.85. The summed E-state index contributed by atoms with van der Waals surface area (Å²) in [5.41, 5.74) is -1.88. The van der Waals surface area contributed by atoms with Gasteiger partial charge in [-0.2, -0.15) is 0 Å². The third kappa shape index (κ3) is 3.92. The number of nitrogens with one attached hydrogen (secondary N) is 3. The SMILES string of the molecule is O=C(Nc1c(Br)ccc(Br)c1Br)Nc1c(O)c2ccccc2[nH]c(=O)c1=O. The summed E-state index contributed by atoms with van der Waals surface area (Å²) in [5.74, 6) is -0.503. The van der Waals surface area contributed by atoms with Crippen molar-refractivity contribution in [1.29, 1.82) is 0 Å². The molecule has 0 radical (unpaired) electrons. The standard InChI is InChI=1S/C17H10Br3N3O4/c18-8-5-6-9(19)12(11(8)20)22-17(27)23-13-14(24)7-3-1-2-4-10(7)21-16(26)15(13)25/h1-6H,(H4,21,22,23,24,25,26,27). The number of benzene rings is 2. The number of H-pyrrole nitrogens is 1. The van der Waals surface area contributed by atoms with E-state index in [1.54, 1.807) is 24.3 Å². The van der Waals surface area contributed by atoms with E-state index in [0.29, 0.717) is 19.1 Å². The summed E-state index contributed by atoms with van der Waals surface area (Å²) >= 11 is 9.98. The van der Waals surface area contributed by atoms with E-state index in [2.05, 4.69) is 63.4 Å². The minimum absolute atomic E-state index is 0.219. The molecule has 0 aliphatic carbocycles. The molecule has 7 nitrogen and oxygen atoms in total. The average molecular weight is 560 g/mol. The van der Waals surface area contributed by atoms with E-state index >= 15 is 0 Å². The quantitative estimate of drug-likeness (QED) is 0.273. The van der Waals surface area contributed by atoms with Crippen LogP contribution in [0, 0.1) is 0 Å². The normalized spacial score (nSPS) is 10.6. The van der Waals surface area contributed by atoms with Crippen LogP contribution < -0.4 is 21.6 Å². The smallest absolute Gasteiger partial charge is 0.323 e. The Morgan fingerprint density at radius 1 is 0.926 bits per heavy atom. The monoisotopic (exact) mass is 557 g/mol. The van der Waals surface area contributed by atoms with Crippen molar-refractivity contribution in [2.24, 2.45) is 0 Å². The van der Waals surface area contributed by atoms with E-state index in [4.69, 9.17) is 0 Å². The van der Waals surface area contributed by atoms with Gasteiger partial charge >= 0.3 is 6.03 Å². The molecule has 0 aliphatic heterocycles. The average Bonchev–Trinajstić information content (AvgIpc) is 2.73. The number of aromatic hydroxyl groups is 1. The van der Waals surface area contributed by atoms with Crippen molar-refractivity contribution in [3.05, 3.63) is 70.4 Å². The van der Waals surface area contributed by atoms with Gasteiger partial charge in [-0.05, 0) is 72.1 Å². The molecule has 3 aromatic rings. The summed E-state index contributed by atoms with van der Waals surface area (Å²) in [6, 6.07) is 9.00. The lowest BCUT2D eigenvalue weighted by atomic mass is 10.2. The van der Waals surface area contributed by atoms with Gasteiger partial charge in [-0.1, -0.05) is 12.1 Å². The van der Waals surface area contributed by atoms with Crippen molar-refractivity contribution < 1.29 is 9.90 Å². The Labute approximate surface area is 177 Å². The molecule has 1 heterocycles. The molecule has 3 rings (SSSR count). The number of carbonyl (C=O) groups excluding carboxylic acids is 1. The van der Waals surface area contributed by atoms with Crippen molar-refractivity contribution in [3.63, 3.8) is 0 Å². The van der Waals surface area contributed by atoms with Crippen molar-refractivity contribution in [2.45, 2.75) is 0 Å². The van der Waals surface area contributed by atoms with Gasteiger partial charge in [-0.15, -0.1) is 0 Å². The van der Waals surface area contributed by atoms with Crippen LogP contribution in [0.15, 0.2) is 59.4 Å². The Bertz CT molecular complexity index is 1190. The van der Waals surface area contributed by atoms with Gasteiger partial charge in [-0.25, -0.2) is 4.79 Å². The fourth-order valence-corrected chi connectivity index (χ4v) is 3.82. The largest absolute Gasteiger partial charge is 0.505 e. The summed E-state index contributed by atoms with van der Waals surface area (Å²) in [6.45, 7) is 0. The van der Waals surface area contributed by atoms with Crippen molar-refractivity contribution >= 4 is 76.1 Å². The van der Waals surface area contributed by atoms with E-state index in [0.717, 1.165) is 0 Å². The molecular weight excluding hydrogens is 550 g/mol. The lowest BCUT2D eigenvalue weighted by molar-refractivity contribution is 0.262. The molecular formula is C17H10Br3N3O4. The molecule has 27 heavy (non-hydrogen) atoms. The highest BCUT2D eigenvalue weighted by molar-refractivity contribution is 9.13. The number of hydrogen-bond donors (Lipinski definition) is 4. The number of amides is 2. The lowest BCUT2D eigenvalue weighted by Crippen LogP contribution is -2.30. The fraction of sp³-hybridized carbons (Fsp3) is 0. The van der Waals surface area contributed by atoms with E-state index < -0.39 is 28.5 Å². The second kappa shape index (κ2) is 7.83. The number of para-hydroxylation sites is 1. The van der Waals surface area contributed by atoms with Crippen LogP contribution in [0.5, 0.6) is 5.75 Å². The summed E-state index contributed by atoms with van der Waals surface area (Å²) in [4.78, 5) is 39.1. The molecule has 138 valence electrons. The molecule has 4 N–H and O–H groups in total. The van der Waals surface area contributed by atoms with Crippen LogP contribution in [0.3, 0.4) is 0 Å². The molecule has 10 heteroatoms. The summed E-state index contributed by atoms with van der Waals surface area (Å²) in [5, 5.41) is 15.5. The maximum absolute atomic E-state index is 12.4. The van der Waals surface area contributed by atoms with Crippen molar-refractivity contribution in [2.75, 3.05) is 10.6 Å². The first-order valence-electron chi connectivity index (χ1n) is 7.39. The molecule has 0 bridgehead atoms. The number of rotatable bonds is 2. The minimum Gasteiger partial charge on any atom is -0.505 e. The van der Waals surface area contributed by atoms with Crippen LogP contribution in [-0.4, -0.2) is 16.1 Å². The van der Waals surface area contributed by atoms with Gasteiger partial charge in [0.25, 0.3) is 11.0 Å². The molecule has 0 saturated carbocycles. The van der Waals surface area contributed by atoms with Gasteiger partial charge in [0.1, 0.15) is 5.69 Å². The van der Waals surface area contributed by atoms with Crippen LogP contribution >= 0.6 is 47.8 Å². The van der Waals surface area contributed by atoms with Gasteiger partial charge in [0.15, 0.2) is 5.75 Å². The van der Waals surface area contributed by atoms with E-state index in [9.17, 15) is 19.5 Å². The van der Waals surface area contributed by atoms with Crippen LogP contribution in [-0.2, 0) is 0 Å². The first-order chi connectivity index (χ1) is 12.8.